The lowest BCUT2D eigenvalue weighted by Crippen LogP contribution is -2.39. The van der Waals surface area contributed by atoms with Crippen molar-refractivity contribution in [3.63, 3.8) is 0 Å². The van der Waals surface area contributed by atoms with E-state index in [0.717, 1.165) is 17.4 Å². The highest BCUT2D eigenvalue weighted by Crippen LogP contribution is 2.29. The predicted octanol–water partition coefficient (Wildman–Crippen LogP) is 3.77. The van der Waals surface area contributed by atoms with Gasteiger partial charge >= 0.3 is 0 Å². The van der Waals surface area contributed by atoms with Gasteiger partial charge in [0.15, 0.2) is 0 Å². The third-order valence-corrected chi connectivity index (χ3v) is 5.31. The van der Waals surface area contributed by atoms with Crippen LogP contribution in [0, 0.1) is 5.82 Å². The summed E-state index contributed by atoms with van der Waals surface area (Å²) in [5, 5.41) is 3.80. The molecule has 164 valence electrons. The van der Waals surface area contributed by atoms with Crippen molar-refractivity contribution in [1.29, 1.82) is 0 Å². The number of fused-ring (bicyclic) bond motifs is 1. The summed E-state index contributed by atoms with van der Waals surface area (Å²) in [4.78, 5) is 22.7. The molecule has 0 aliphatic carbocycles. The van der Waals surface area contributed by atoms with Gasteiger partial charge < -0.3 is 9.64 Å². The van der Waals surface area contributed by atoms with Crippen LogP contribution >= 0.6 is 0 Å². The second-order valence-electron chi connectivity index (χ2n) is 7.47. The summed E-state index contributed by atoms with van der Waals surface area (Å²) in [7, 11) is 0. The number of halogens is 3. The Morgan fingerprint density at radius 1 is 1.29 bits per heavy atom. The second kappa shape index (κ2) is 9.32. The van der Waals surface area contributed by atoms with Gasteiger partial charge in [0.2, 0.25) is 5.91 Å². The van der Waals surface area contributed by atoms with Gasteiger partial charge in [0.05, 0.1) is 12.3 Å². The van der Waals surface area contributed by atoms with E-state index in [1.165, 1.54) is 24.5 Å². The molecule has 1 fully saturated rings. The molecule has 0 bridgehead atoms. The summed E-state index contributed by atoms with van der Waals surface area (Å²) in [6.45, 7) is 1.34. The minimum absolute atomic E-state index is 0.0230. The number of benzene rings is 1. The fraction of sp³-hybridized carbons (Fsp3) is 0.429. The van der Waals surface area contributed by atoms with Gasteiger partial charge in [-0.2, -0.15) is 14.6 Å². The maximum atomic E-state index is 13.4. The van der Waals surface area contributed by atoms with E-state index in [2.05, 4.69) is 15.1 Å². The van der Waals surface area contributed by atoms with Crippen LogP contribution in [-0.4, -0.2) is 50.1 Å². The molecule has 3 heterocycles. The Balaban J connectivity index is 1.35. The number of carbonyl (C=O) groups is 1. The van der Waals surface area contributed by atoms with Crippen LogP contribution in [0.25, 0.3) is 5.78 Å². The Kier molecular flexibility index (Phi) is 6.34. The summed E-state index contributed by atoms with van der Waals surface area (Å²) in [6.07, 6.45) is 0.800. The molecule has 1 aromatic carbocycles. The highest BCUT2D eigenvalue weighted by Gasteiger charge is 2.27. The number of hydrogen-bond donors (Lipinski definition) is 0. The zero-order chi connectivity index (χ0) is 21.8. The van der Waals surface area contributed by atoms with Crippen LogP contribution in [0.2, 0.25) is 0 Å². The highest BCUT2D eigenvalue weighted by molar-refractivity contribution is 5.76. The van der Waals surface area contributed by atoms with Crippen LogP contribution in [0.3, 0.4) is 0 Å². The molecule has 0 spiro atoms. The van der Waals surface area contributed by atoms with Crippen molar-refractivity contribution >= 4 is 11.7 Å². The molecule has 1 saturated heterocycles. The zero-order valence-electron chi connectivity index (χ0n) is 16.8. The topological polar surface area (TPSA) is 72.6 Å². The Bertz CT molecular complexity index is 1060. The van der Waals surface area contributed by atoms with Crippen molar-refractivity contribution in [2.75, 3.05) is 19.7 Å². The maximum absolute atomic E-state index is 13.4. The zero-order valence-corrected chi connectivity index (χ0v) is 16.8. The first-order valence-corrected chi connectivity index (χ1v) is 10.2. The van der Waals surface area contributed by atoms with Crippen molar-refractivity contribution in [2.24, 2.45) is 0 Å². The third kappa shape index (κ3) is 4.95. The van der Waals surface area contributed by atoms with E-state index in [1.54, 1.807) is 17.0 Å². The van der Waals surface area contributed by atoms with E-state index in [4.69, 9.17) is 4.74 Å². The van der Waals surface area contributed by atoms with Gasteiger partial charge in [-0.25, -0.2) is 18.2 Å². The first-order chi connectivity index (χ1) is 15.0. The molecule has 1 atom stereocenters. The first-order valence-electron chi connectivity index (χ1n) is 10.2. The fourth-order valence-electron chi connectivity index (χ4n) is 3.79. The molecule has 0 radical (unpaired) electrons. The number of alkyl halides is 2. The molecule has 31 heavy (non-hydrogen) atoms. The molecule has 0 saturated carbocycles. The first kappa shape index (κ1) is 21.1. The van der Waals surface area contributed by atoms with Crippen molar-refractivity contribution in [3.8, 4) is 5.75 Å². The molecule has 0 unspecified atom stereocenters. The van der Waals surface area contributed by atoms with Crippen molar-refractivity contribution in [1.82, 2.24) is 24.5 Å². The molecular formula is C21H22F3N5O2. The Morgan fingerprint density at radius 3 is 2.97 bits per heavy atom. The third-order valence-electron chi connectivity index (χ3n) is 5.31. The normalized spacial score (nSPS) is 16.8. The van der Waals surface area contributed by atoms with Gasteiger partial charge in [0, 0.05) is 31.5 Å². The number of ether oxygens (including phenoxy) is 1. The maximum Gasteiger partial charge on any atom is 0.280 e. The summed E-state index contributed by atoms with van der Waals surface area (Å²) < 4.78 is 46.5. The summed E-state index contributed by atoms with van der Waals surface area (Å²) in [5.74, 6) is 0.0208. The smallest absolute Gasteiger partial charge is 0.280 e. The molecule has 7 nitrogen and oxygen atoms in total. The molecule has 3 aromatic rings. The molecule has 0 N–H and O–H groups in total. The average molecular weight is 433 g/mol. The molecular weight excluding hydrogens is 411 g/mol. The molecule has 1 amide bonds. The number of hydrogen-bond acceptors (Lipinski definition) is 5. The number of piperidine rings is 1. The number of aromatic nitrogens is 4. The van der Waals surface area contributed by atoms with Gasteiger partial charge in [0.25, 0.3) is 12.2 Å². The van der Waals surface area contributed by atoms with Crippen LogP contribution in [0.1, 0.15) is 49.4 Å². The van der Waals surface area contributed by atoms with Crippen molar-refractivity contribution in [2.45, 2.75) is 38.0 Å². The number of likely N-dealkylation sites (tertiary alicyclic amines) is 1. The summed E-state index contributed by atoms with van der Waals surface area (Å²) >= 11 is 0. The van der Waals surface area contributed by atoms with Crippen molar-refractivity contribution < 1.29 is 22.7 Å². The van der Waals surface area contributed by atoms with Gasteiger partial charge in [-0.3, -0.25) is 4.79 Å². The lowest BCUT2D eigenvalue weighted by atomic mass is 9.94. The van der Waals surface area contributed by atoms with Crippen LogP contribution in [0.15, 0.2) is 36.7 Å². The minimum atomic E-state index is -2.70. The minimum Gasteiger partial charge on any atom is -0.493 e. The van der Waals surface area contributed by atoms with Gasteiger partial charge in [-0.1, -0.05) is 6.07 Å². The monoisotopic (exact) mass is 433 g/mol. The summed E-state index contributed by atoms with van der Waals surface area (Å²) in [5.41, 5.74) is 0.248. The van der Waals surface area contributed by atoms with E-state index in [9.17, 15) is 18.0 Å². The molecule has 4 rings (SSSR count). The lowest BCUT2D eigenvalue weighted by Gasteiger charge is -2.32. The van der Waals surface area contributed by atoms with E-state index >= 15 is 0 Å². The van der Waals surface area contributed by atoms with E-state index in [1.807, 2.05) is 0 Å². The highest BCUT2D eigenvalue weighted by atomic mass is 19.3. The van der Waals surface area contributed by atoms with Crippen LogP contribution in [-0.2, 0) is 4.79 Å². The standard InChI is InChI=1S/C21H22F3N5O2/c22-15-5-1-6-16(10-15)31-9-3-7-19(30)28-8-2-4-14(12-28)17-11-18(20(23)24)29-21(27-17)25-13-26-29/h1,5-6,10-11,13-14,20H,2-4,7-9,12H2/t14-/m0/s1. The predicted molar refractivity (Wildman–Crippen MR) is 105 cm³/mol. The van der Waals surface area contributed by atoms with Gasteiger partial charge in [-0.15, -0.1) is 0 Å². The number of rotatable bonds is 7. The average Bonchev–Trinajstić information content (AvgIpc) is 3.24. The lowest BCUT2D eigenvalue weighted by molar-refractivity contribution is -0.132. The van der Waals surface area contributed by atoms with E-state index in [0.29, 0.717) is 44.0 Å². The van der Waals surface area contributed by atoms with Crippen LogP contribution in [0.5, 0.6) is 5.75 Å². The van der Waals surface area contributed by atoms with Crippen molar-refractivity contribution in [3.05, 3.63) is 53.9 Å². The fourth-order valence-corrected chi connectivity index (χ4v) is 3.79. The van der Waals surface area contributed by atoms with Crippen LogP contribution in [0.4, 0.5) is 13.2 Å². The molecule has 1 aliphatic rings. The Hall–Kier alpha value is -3.17. The van der Waals surface area contributed by atoms with E-state index < -0.39 is 6.43 Å². The van der Waals surface area contributed by atoms with Gasteiger partial charge in [-0.05, 0) is 37.5 Å². The Labute approximate surface area is 176 Å². The van der Waals surface area contributed by atoms with Crippen LogP contribution < -0.4 is 4.74 Å². The number of carbonyl (C=O) groups excluding carboxylic acids is 1. The SMILES string of the molecule is O=C(CCCOc1cccc(F)c1)N1CCC[C@H](c2cc(C(F)F)n3ncnc3n2)C1. The number of amides is 1. The largest absolute Gasteiger partial charge is 0.493 e. The summed E-state index contributed by atoms with van der Waals surface area (Å²) in [6, 6.07) is 7.21. The quantitative estimate of drug-likeness (QED) is 0.531. The van der Waals surface area contributed by atoms with E-state index in [-0.39, 0.29) is 29.1 Å². The molecule has 2 aromatic heterocycles. The number of nitrogens with zero attached hydrogens (tertiary/aromatic N) is 5. The van der Waals surface area contributed by atoms with Gasteiger partial charge in [0.1, 0.15) is 23.6 Å². The Morgan fingerprint density at radius 2 is 2.16 bits per heavy atom. The molecule has 1 aliphatic heterocycles. The second-order valence-corrected chi connectivity index (χ2v) is 7.47. The molecule has 10 heteroatoms.